The topological polar surface area (TPSA) is 97.0 Å². The molecule has 0 aliphatic rings. The van der Waals surface area contributed by atoms with E-state index in [9.17, 15) is 8.42 Å². The predicted octanol–water partition coefficient (Wildman–Crippen LogP) is 4.05. The van der Waals surface area contributed by atoms with Crippen LogP contribution in [0.1, 0.15) is 33.3 Å². The van der Waals surface area contributed by atoms with Crippen LogP contribution in [0, 0.1) is 0 Å². The van der Waals surface area contributed by atoms with E-state index in [0.29, 0.717) is 6.54 Å². The van der Waals surface area contributed by atoms with Gasteiger partial charge < -0.3 is 15.8 Å². The predicted molar refractivity (Wildman–Crippen MR) is 133 cm³/mol. The Morgan fingerprint density at radius 1 is 1.07 bits per heavy atom. The lowest BCUT2D eigenvalue weighted by atomic mass is 10.2. The van der Waals surface area contributed by atoms with E-state index in [1.165, 1.54) is 4.31 Å². The van der Waals surface area contributed by atoms with E-state index in [2.05, 4.69) is 10.3 Å². The lowest BCUT2D eigenvalue weighted by Gasteiger charge is -2.21. The second-order valence-corrected chi connectivity index (χ2v) is 9.27. The Bertz CT molecular complexity index is 928. The van der Waals surface area contributed by atoms with Gasteiger partial charge >= 0.3 is 0 Å². The summed E-state index contributed by atoms with van der Waals surface area (Å²) in [5, 5.41) is 3.03. The molecule has 0 heterocycles. The van der Waals surface area contributed by atoms with Crippen molar-refractivity contribution in [1.82, 2.24) is 4.31 Å². The highest BCUT2D eigenvalue weighted by atomic mass is 127. The van der Waals surface area contributed by atoms with Crippen LogP contribution in [0.4, 0.5) is 5.69 Å². The van der Waals surface area contributed by atoms with Crippen LogP contribution >= 0.6 is 24.0 Å². The molecule has 2 aromatic carbocycles. The Morgan fingerprint density at radius 2 is 1.63 bits per heavy atom. The minimum absolute atomic E-state index is 0. The summed E-state index contributed by atoms with van der Waals surface area (Å²) in [6.07, 6.45) is 0.118. The van der Waals surface area contributed by atoms with E-state index < -0.39 is 10.0 Å². The number of anilines is 1. The fourth-order valence-corrected chi connectivity index (χ4v) is 3.83. The van der Waals surface area contributed by atoms with Gasteiger partial charge in [0.1, 0.15) is 5.75 Å². The van der Waals surface area contributed by atoms with E-state index in [-0.39, 0.29) is 47.0 Å². The molecule has 0 radical (unpaired) electrons. The molecular formula is C21H31IN4O3S. The number of nitrogens with one attached hydrogen (secondary N) is 1. The molecule has 166 valence electrons. The van der Waals surface area contributed by atoms with Crippen molar-refractivity contribution in [2.24, 2.45) is 10.7 Å². The quantitative estimate of drug-likeness (QED) is 0.296. The summed E-state index contributed by atoms with van der Waals surface area (Å²) < 4.78 is 31.9. The van der Waals surface area contributed by atoms with Crippen molar-refractivity contribution >= 4 is 45.6 Å². The molecular weight excluding hydrogens is 515 g/mol. The first-order chi connectivity index (χ1) is 13.6. The highest BCUT2D eigenvalue weighted by Gasteiger charge is 2.22. The highest BCUT2D eigenvalue weighted by Crippen LogP contribution is 2.18. The zero-order chi connectivity index (χ0) is 21.6. The number of nitrogens with two attached hydrogens (primary N) is 1. The number of rotatable bonds is 8. The van der Waals surface area contributed by atoms with Crippen LogP contribution < -0.4 is 15.8 Å². The van der Waals surface area contributed by atoms with E-state index >= 15 is 0 Å². The van der Waals surface area contributed by atoms with Gasteiger partial charge in [-0.15, -0.1) is 24.0 Å². The maximum atomic E-state index is 12.5. The number of nitrogens with zero attached hydrogens (tertiary/aromatic N) is 2. The molecule has 0 saturated carbocycles. The molecule has 0 atom stereocenters. The number of hydrogen-bond donors (Lipinski definition) is 2. The summed E-state index contributed by atoms with van der Waals surface area (Å²) in [6, 6.07) is 14.0. The fraction of sp³-hybridized carbons (Fsp3) is 0.381. The van der Waals surface area contributed by atoms with Crippen LogP contribution in [0.2, 0.25) is 0 Å². The van der Waals surface area contributed by atoms with Crippen LogP contribution in [0.25, 0.3) is 0 Å². The molecule has 0 unspecified atom stereocenters. The molecule has 2 aromatic rings. The Labute approximate surface area is 196 Å². The molecule has 0 saturated heterocycles. The zero-order valence-electron chi connectivity index (χ0n) is 18.0. The number of benzene rings is 2. The van der Waals surface area contributed by atoms with Gasteiger partial charge in [-0.25, -0.2) is 13.4 Å². The van der Waals surface area contributed by atoms with Crippen molar-refractivity contribution in [3.8, 4) is 5.75 Å². The number of sulfonamides is 1. The monoisotopic (exact) mass is 546 g/mol. The highest BCUT2D eigenvalue weighted by molar-refractivity contribution is 14.0. The minimum Gasteiger partial charge on any atom is -0.491 e. The molecule has 7 nitrogen and oxygen atoms in total. The van der Waals surface area contributed by atoms with Crippen molar-refractivity contribution in [3.05, 3.63) is 54.1 Å². The third kappa shape index (κ3) is 7.44. The largest absolute Gasteiger partial charge is 0.491 e. The molecule has 0 aliphatic carbocycles. The van der Waals surface area contributed by atoms with E-state index in [1.54, 1.807) is 31.3 Å². The van der Waals surface area contributed by atoms with Crippen molar-refractivity contribution in [2.45, 2.75) is 51.3 Å². The Balaban J connectivity index is 0.00000450. The zero-order valence-corrected chi connectivity index (χ0v) is 21.1. The summed E-state index contributed by atoms with van der Waals surface area (Å²) >= 11 is 0. The van der Waals surface area contributed by atoms with Gasteiger partial charge in [-0.05, 0) is 69.7 Å². The van der Waals surface area contributed by atoms with Crippen molar-refractivity contribution in [2.75, 3.05) is 12.4 Å². The van der Waals surface area contributed by atoms with Gasteiger partial charge in [-0.3, -0.25) is 0 Å². The van der Waals surface area contributed by atoms with Crippen molar-refractivity contribution in [1.29, 1.82) is 0 Å². The number of guanidine groups is 1. The van der Waals surface area contributed by atoms with Crippen molar-refractivity contribution < 1.29 is 13.2 Å². The molecule has 9 heteroatoms. The minimum atomic E-state index is -3.49. The molecule has 0 fully saturated rings. The molecule has 0 amide bonds. The number of ether oxygens (including phenoxy) is 1. The lowest BCUT2D eigenvalue weighted by molar-refractivity contribution is 0.242. The van der Waals surface area contributed by atoms with Crippen LogP contribution in [0.15, 0.2) is 58.4 Å². The Hall–Kier alpha value is -1.85. The first-order valence-electron chi connectivity index (χ1n) is 9.50. The van der Waals surface area contributed by atoms with Gasteiger partial charge in [-0.2, -0.15) is 4.31 Å². The Kier molecular flexibility index (Phi) is 10.1. The van der Waals surface area contributed by atoms with Gasteiger partial charge in [0.05, 0.1) is 17.5 Å². The maximum Gasteiger partial charge on any atom is 0.243 e. The second-order valence-electron chi connectivity index (χ2n) is 7.28. The smallest absolute Gasteiger partial charge is 0.243 e. The van der Waals surface area contributed by atoms with Crippen LogP contribution in [0.3, 0.4) is 0 Å². The third-order valence-corrected chi connectivity index (χ3v) is 6.31. The van der Waals surface area contributed by atoms with E-state index in [4.69, 9.17) is 10.5 Å². The van der Waals surface area contributed by atoms with E-state index in [0.717, 1.165) is 17.0 Å². The molecule has 0 bridgehead atoms. The van der Waals surface area contributed by atoms with Crippen LogP contribution in [-0.4, -0.2) is 37.9 Å². The molecule has 2 rings (SSSR count). The van der Waals surface area contributed by atoms with Gasteiger partial charge in [0, 0.05) is 18.8 Å². The fourth-order valence-electron chi connectivity index (χ4n) is 2.46. The summed E-state index contributed by atoms with van der Waals surface area (Å²) in [7, 11) is -1.91. The van der Waals surface area contributed by atoms with Crippen LogP contribution in [0.5, 0.6) is 5.75 Å². The maximum absolute atomic E-state index is 12.5. The first kappa shape index (κ1) is 26.2. The normalized spacial score (nSPS) is 12.2. The molecule has 0 aromatic heterocycles. The summed E-state index contributed by atoms with van der Waals surface area (Å²) in [5.74, 6) is 1.07. The molecule has 0 spiro atoms. The lowest BCUT2D eigenvalue weighted by Crippen LogP contribution is -2.33. The molecule has 3 N–H and O–H groups in total. The standard InChI is InChI=1S/C21H30N4O3S.HI/c1-15(2)25(5)29(26,27)20-12-6-17(7-13-20)14-23-21(22)24-18-8-10-19(11-9-18)28-16(3)4;/h6-13,15-16H,14H2,1-5H3,(H3,22,23,24);1H. The summed E-state index contributed by atoms with van der Waals surface area (Å²) in [5.41, 5.74) is 7.62. The number of halogens is 1. The first-order valence-corrected chi connectivity index (χ1v) is 10.9. The van der Waals surface area contributed by atoms with E-state index in [1.807, 2.05) is 52.0 Å². The summed E-state index contributed by atoms with van der Waals surface area (Å²) in [6.45, 7) is 7.96. The average molecular weight is 546 g/mol. The SMILES string of the molecule is CC(C)Oc1ccc(NC(N)=NCc2ccc(S(=O)(=O)N(C)C(C)C)cc2)cc1.I. The van der Waals surface area contributed by atoms with Gasteiger partial charge in [0.25, 0.3) is 0 Å². The number of aliphatic imine (C=N–C) groups is 1. The molecule has 0 aliphatic heterocycles. The molecule has 30 heavy (non-hydrogen) atoms. The average Bonchev–Trinajstić information content (AvgIpc) is 2.67. The summed E-state index contributed by atoms with van der Waals surface area (Å²) in [4.78, 5) is 4.57. The third-order valence-electron chi connectivity index (χ3n) is 4.26. The van der Waals surface area contributed by atoms with Gasteiger partial charge in [-0.1, -0.05) is 12.1 Å². The van der Waals surface area contributed by atoms with Crippen molar-refractivity contribution in [3.63, 3.8) is 0 Å². The van der Waals surface area contributed by atoms with Gasteiger partial charge in [0.15, 0.2) is 5.96 Å². The number of hydrogen-bond acceptors (Lipinski definition) is 4. The van der Waals surface area contributed by atoms with Gasteiger partial charge in [0.2, 0.25) is 10.0 Å². The second kappa shape index (κ2) is 11.5. The van der Waals surface area contributed by atoms with Crippen LogP contribution in [-0.2, 0) is 16.6 Å². The Morgan fingerprint density at radius 3 is 2.13 bits per heavy atom.